The molecule has 0 bridgehead atoms. The van der Waals surface area contributed by atoms with E-state index in [4.69, 9.17) is 4.74 Å². The number of amides is 1. The van der Waals surface area contributed by atoms with Crippen molar-refractivity contribution in [2.45, 2.75) is 0 Å². The first-order valence-corrected chi connectivity index (χ1v) is 7.87. The van der Waals surface area contributed by atoms with Crippen molar-refractivity contribution >= 4 is 11.6 Å². The number of nitrogens with zero attached hydrogens (tertiary/aromatic N) is 2. The van der Waals surface area contributed by atoms with Crippen LogP contribution in [0.1, 0.15) is 10.4 Å². The van der Waals surface area contributed by atoms with Gasteiger partial charge in [-0.05, 0) is 23.8 Å². The van der Waals surface area contributed by atoms with Crippen LogP contribution in [0.3, 0.4) is 0 Å². The second kappa shape index (κ2) is 6.16. The smallest absolute Gasteiger partial charge is 0.260 e. The third kappa shape index (κ3) is 2.63. The van der Waals surface area contributed by atoms with Crippen molar-refractivity contribution < 1.29 is 9.53 Å². The number of fused-ring (bicyclic) bond motifs is 1. The molecular formula is C20H16N2O2. The SMILES string of the molecule is O=C(c1cncc(-c2ccccc2)c1)N1CCOc2ccccc21. The number of aromatic nitrogens is 1. The summed E-state index contributed by atoms with van der Waals surface area (Å²) >= 11 is 0. The third-order valence-corrected chi connectivity index (χ3v) is 4.07. The zero-order valence-electron chi connectivity index (χ0n) is 13.1. The van der Waals surface area contributed by atoms with E-state index in [1.54, 1.807) is 17.3 Å². The molecule has 0 spiro atoms. The van der Waals surface area contributed by atoms with Gasteiger partial charge < -0.3 is 9.64 Å². The maximum absolute atomic E-state index is 13.0. The molecule has 2 aromatic carbocycles. The number of carbonyl (C=O) groups is 1. The fraction of sp³-hybridized carbons (Fsp3) is 0.100. The molecule has 0 saturated carbocycles. The molecule has 0 saturated heterocycles. The topological polar surface area (TPSA) is 42.4 Å². The fourth-order valence-electron chi connectivity index (χ4n) is 2.88. The van der Waals surface area contributed by atoms with Crippen molar-refractivity contribution in [1.29, 1.82) is 0 Å². The van der Waals surface area contributed by atoms with Gasteiger partial charge in [0.1, 0.15) is 12.4 Å². The van der Waals surface area contributed by atoms with Gasteiger partial charge >= 0.3 is 0 Å². The number of pyridine rings is 1. The molecule has 0 N–H and O–H groups in total. The Labute approximate surface area is 140 Å². The quantitative estimate of drug-likeness (QED) is 0.722. The van der Waals surface area contributed by atoms with Crippen LogP contribution in [-0.4, -0.2) is 24.0 Å². The largest absolute Gasteiger partial charge is 0.490 e. The van der Waals surface area contributed by atoms with E-state index in [2.05, 4.69) is 4.98 Å². The maximum Gasteiger partial charge on any atom is 0.260 e. The van der Waals surface area contributed by atoms with Gasteiger partial charge in [0.2, 0.25) is 0 Å². The van der Waals surface area contributed by atoms with E-state index in [-0.39, 0.29) is 5.91 Å². The van der Waals surface area contributed by atoms with Crippen LogP contribution in [0.4, 0.5) is 5.69 Å². The summed E-state index contributed by atoms with van der Waals surface area (Å²) in [6, 6.07) is 19.4. The van der Waals surface area contributed by atoms with Crippen molar-refractivity contribution in [2.24, 2.45) is 0 Å². The minimum absolute atomic E-state index is 0.0592. The first-order valence-electron chi connectivity index (χ1n) is 7.87. The highest BCUT2D eigenvalue weighted by atomic mass is 16.5. The molecule has 4 rings (SSSR count). The summed E-state index contributed by atoms with van der Waals surface area (Å²) in [4.78, 5) is 19.0. The number of anilines is 1. The summed E-state index contributed by atoms with van der Waals surface area (Å²) in [5.74, 6) is 0.681. The van der Waals surface area contributed by atoms with Crippen LogP contribution in [0.25, 0.3) is 11.1 Å². The van der Waals surface area contributed by atoms with Gasteiger partial charge in [0.05, 0.1) is 17.8 Å². The van der Waals surface area contributed by atoms with Crippen LogP contribution >= 0.6 is 0 Å². The van der Waals surface area contributed by atoms with Crippen molar-refractivity contribution in [3.63, 3.8) is 0 Å². The molecule has 1 aliphatic rings. The van der Waals surface area contributed by atoms with Crippen LogP contribution in [-0.2, 0) is 0 Å². The summed E-state index contributed by atoms with van der Waals surface area (Å²) in [7, 11) is 0. The molecule has 1 amide bonds. The minimum Gasteiger partial charge on any atom is -0.490 e. The highest BCUT2D eigenvalue weighted by molar-refractivity contribution is 6.07. The van der Waals surface area contributed by atoms with E-state index in [9.17, 15) is 4.79 Å². The lowest BCUT2D eigenvalue weighted by Crippen LogP contribution is -2.38. The van der Waals surface area contributed by atoms with Crippen LogP contribution in [0.5, 0.6) is 5.75 Å². The lowest BCUT2D eigenvalue weighted by Gasteiger charge is -2.29. The Kier molecular flexibility index (Phi) is 3.71. The average molecular weight is 316 g/mol. The molecule has 1 aromatic heterocycles. The molecule has 4 heteroatoms. The highest BCUT2D eigenvalue weighted by Gasteiger charge is 2.24. The molecule has 2 heterocycles. The van der Waals surface area contributed by atoms with Gasteiger partial charge in [0, 0.05) is 18.0 Å². The summed E-state index contributed by atoms with van der Waals surface area (Å²) in [6.07, 6.45) is 3.40. The summed E-state index contributed by atoms with van der Waals surface area (Å²) in [6.45, 7) is 1.03. The molecule has 24 heavy (non-hydrogen) atoms. The Hall–Kier alpha value is -3.14. The Balaban J connectivity index is 1.69. The fourth-order valence-corrected chi connectivity index (χ4v) is 2.88. The lowest BCUT2D eigenvalue weighted by atomic mass is 10.1. The van der Waals surface area contributed by atoms with Gasteiger partial charge in [-0.15, -0.1) is 0 Å². The van der Waals surface area contributed by atoms with Gasteiger partial charge in [-0.1, -0.05) is 42.5 Å². The predicted molar refractivity (Wildman–Crippen MR) is 93.3 cm³/mol. The second-order valence-corrected chi connectivity index (χ2v) is 5.60. The number of benzene rings is 2. The van der Waals surface area contributed by atoms with E-state index in [0.717, 1.165) is 22.6 Å². The summed E-state index contributed by atoms with van der Waals surface area (Å²) < 4.78 is 5.62. The zero-order chi connectivity index (χ0) is 16.4. The van der Waals surface area contributed by atoms with Crippen molar-refractivity contribution in [1.82, 2.24) is 4.98 Å². The first kappa shape index (κ1) is 14.5. The van der Waals surface area contributed by atoms with E-state index in [1.807, 2.05) is 60.7 Å². The third-order valence-electron chi connectivity index (χ3n) is 4.07. The normalized spacial score (nSPS) is 13.1. The average Bonchev–Trinajstić information content (AvgIpc) is 2.68. The standard InChI is InChI=1S/C20H16N2O2/c23-20(22-10-11-24-19-9-5-4-8-18(19)22)17-12-16(13-21-14-17)15-6-2-1-3-7-15/h1-9,12-14H,10-11H2. The lowest BCUT2D eigenvalue weighted by molar-refractivity contribution is 0.0976. The highest BCUT2D eigenvalue weighted by Crippen LogP contribution is 2.32. The molecule has 0 aliphatic carbocycles. The van der Waals surface area contributed by atoms with Crippen LogP contribution < -0.4 is 9.64 Å². The molecule has 0 atom stereocenters. The van der Waals surface area contributed by atoms with E-state index >= 15 is 0 Å². The number of hydrogen-bond donors (Lipinski definition) is 0. The summed E-state index contributed by atoms with van der Waals surface area (Å²) in [5.41, 5.74) is 3.36. The Morgan fingerprint density at radius 2 is 1.75 bits per heavy atom. The Bertz CT molecular complexity index is 878. The van der Waals surface area contributed by atoms with Gasteiger partial charge in [-0.3, -0.25) is 9.78 Å². The van der Waals surface area contributed by atoms with E-state index < -0.39 is 0 Å². The molecule has 4 nitrogen and oxygen atoms in total. The number of rotatable bonds is 2. The predicted octanol–water partition coefficient (Wildman–Crippen LogP) is 3.79. The van der Waals surface area contributed by atoms with Crippen molar-refractivity contribution in [2.75, 3.05) is 18.1 Å². The van der Waals surface area contributed by atoms with Crippen LogP contribution in [0, 0.1) is 0 Å². The van der Waals surface area contributed by atoms with E-state index in [1.165, 1.54) is 0 Å². The molecule has 3 aromatic rings. The summed E-state index contributed by atoms with van der Waals surface area (Å²) in [5, 5.41) is 0. The maximum atomic E-state index is 13.0. The Morgan fingerprint density at radius 1 is 0.958 bits per heavy atom. The second-order valence-electron chi connectivity index (χ2n) is 5.60. The molecular weight excluding hydrogens is 300 g/mol. The van der Waals surface area contributed by atoms with Gasteiger partial charge in [0.25, 0.3) is 5.91 Å². The Morgan fingerprint density at radius 3 is 2.62 bits per heavy atom. The van der Waals surface area contributed by atoms with Crippen molar-refractivity contribution in [3.8, 4) is 16.9 Å². The van der Waals surface area contributed by atoms with Gasteiger partial charge in [0.15, 0.2) is 0 Å². The number of hydrogen-bond acceptors (Lipinski definition) is 3. The molecule has 118 valence electrons. The molecule has 0 fully saturated rings. The molecule has 1 aliphatic heterocycles. The molecule has 0 unspecified atom stereocenters. The van der Waals surface area contributed by atoms with Crippen LogP contribution in [0.15, 0.2) is 73.1 Å². The first-order chi connectivity index (χ1) is 11.8. The van der Waals surface area contributed by atoms with Crippen LogP contribution in [0.2, 0.25) is 0 Å². The number of ether oxygens (including phenoxy) is 1. The van der Waals surface area contributed by atoms with Gasteiger partial charge in [-0.25, -0.2) is 0 Å². The zero-order valence-corrected chi connectivity index (χ0v) is 13.1. The monoisotopic (exact) mass is 316 g/mol. The molecule has 0 radical (unpaired) electrons. The number of para-hydroxylation sites is 2. The van der Waals surface area contributed by atoms with Gasteiger partial charge in [-0.2, -0.15) is 0 Å². The number of carbonyl (C=O) groups excluding carboxylic acids is 1. The van der Waals surface area contributed by atoms with Crippen molar-refractivity contribution in [3.05, 3.63) is 78.6 Å². The minimum atomic E-state index is -0.0592. The van der Waals surface area contributed by atoms with E-state index in [0.29, 0.717) is 18.7 Å².